The molecule has 0 atom stereocenters. The number of benzene rings is 1. The van der Waals surface area contributed by atoms with Crippen molar-refractivity contribution in [3.8, 4) is 55.3 Å². The summed E-state index contributed by atoms with van der Waals surface area (Å²) in [6.07, 6.45) is 51.7. The minimum atomic E-state index is 0.690. The predicted molar refractivity (Wildman–Crippen MR) is 361 cm³/mol. The molecule has 0 aliphatic carbocycles. The van der Waals surface area contributed by atoms with Crippen molar-refractivity contribution in [2.24, 2.45) is 0 Å². The molecule has 0 bridgehead atoms. The Labute approximate surface area is 512 Å². The molecule has 7 heterocycles. The van der Waals surface area contributed by atoms with E-state index in [1.165, 1.54) is 224 Å². The number of rotatable bonds is 43. The molecule has 0 radical (unpaired) electrons. The van der Waals surface area contributed by atoms with Gasteiger partial charge in [-0.25, -0.2) is 9.97 Å². The number of unbranched alkanes of at least 4 members (excludes halogenated alkanes) is 31. The van der Waals surface area contributed by atoms with Gasteiger partial charge in [0, 0.05) is 49.6 Å². The van der Waals surface area contributed by atoms with Crippen LogP contribution < -0.4 is 9.47 Å². The first-order valence-corrected chi connectivity index (χ1v) is 35.8. The van der Waals surface area contributed by atoms with Gasteiger partial charge in [0.05, 0.1) is 38.9 Å². The molecule has 0 fully saturated rings. The SMILES string of the molecule is CCCCCCCCCCCCCCCCOc1c2cc(-c3ncc(-c4sc(C)cc4CCCCCCCC)c4nc(-c5ccccn5)c(-c5ccccn5)nc34)sc2c(OCCCCCCCCCCCCCCCC)c2cc(C)sc12. The van der Waals surface area contributed by atoms with Gasteiger partial charge in [-0.05, 0) is 87.6 Å². The van der Waals surface area contributed by atoms with E-state index in [1.54, 1.807) is 11.3 Å². The molecule has 0 aliphatic rings. The third-order valence-corrected chi connectivity index (χ3v) is 20.0. The fourth-order valence-electron chi connectivity index (χ4n) is 12.0. The van der Waals surface area contributed by atoms with Crippen LogP contribution in [0.3, 0.4) is 0 Å². The van der Waals surface area contributed by atoms with Crippen LogP contribution in [-0.4, -0.2) is 38.1 Å². The topological polar surface area (TPSA) is 82.9 Å². The van der Waals surface area contributed by atoms with Gasteiger partial charge in [0.25, 0.3) is 0 Å². The van der Waals surface area contributed by atoms with Crippen LogP contribution in [0, 0.1) is 13.8 Å². The van der Waals surface area contributed by atoms with Gasteiger partial charge in [-0.3, -0.25) is 15.0 Å². The molecule has 83 heavy (non-hydrogen) atoms. The Hall–Kier alpha value is -4.77. The van der Waals surface area contributed by atoms with Crippen molar-refractivity contribution in [3.63, 3.8) is 0 Å². The van der Waals surface area contributed by atoms with Gasteiger partial charge in [0.2, 0.25) is 0 Å². The minimum Gasteiger partial charge on any atom is -0.491 e. The first-order valence-electron chi connectivity index (χ1n) is 33.4. The van der Waals surface area contributed by atoms with E-state index < -0.39 is 0 Å². The lowest BCUT2D eigenvalue weighted by Crippen LogP contribution is -2.01. The first kappa shape index (κ1) is 64.2. The van der Waals surface area contributed by atoms with E-state index in [9.17, 15) is 0 Å². The second-order valence-corrected chi connectivity index (χ2v) is 27.4. The molecule has 0 unspecified atom stereocenters. The maximum Gasteiger partial charge on any atom is 0.146 e. The average molecular weight is 1180 g/mol. The molecule has 8 rings (SSSR count). The van der Waals surface area contributed by atoms with E-state index in [-0.39, 0.29) is 0 Å². The molecule has 7 aromatic heterocycles. The summed E-state index contributed by atoms with van der Waals surface area (Å²) in [5.74, 6) is 1.95. The van der Waals surface area contributed by atoms with Crippen molar-refractivity contribution in [3.05, 3.63) is 88.5 Å². The zero-order chi connectivity index (χ0) is 57.7. The summed E-state index contributed by atoms with van der Waals surface area (Å²) in [6, 6.07) is 19.1. The maximum atomic E-state index is 7.07. The zero-order valence-electron chi connectivity index (χ0n) is 51.9. The Morgan fingerprint density at radius 2 is 0.819 bits per heavy atom. The Morgan fingerprint density at radius 1 is 0.398 bits per heavy atom. The standard InChI is InChI=1S/C73H101N5O2S3/c1-6-9-12-15-18-20-22-24-26-28-30-32-35-42-49-79-69-58-52-56(5)82-72(58)70(80-50-43-36-33-31-29-27-25-23-21-19-16-13-10-7-2)59-53-63(83-73(59)69)67-68-64(60(54-76-67)71-57(51-55(4)81-71)44-37-34-17-14-11-8-3)77-65(61-45-38-40-47-74-61)66(78-68)62-46-39-41-48-75-62/h38-41,45-48,51-54H,6-37,42-44,49-50H2,1-5H3. The monoisotopic (exact) mass is 1180 g/mol. The molecule has 448 valence electrons. The lowest BCUT2D eigenvalue weighted by Gasteiger charge is -2.14. The fraction of sp³-hybridized carbons (Fsp3) is 0.575. The van der Waals surface area contributed by atoms with E-state index in [0.717, 1.165) is 91.2 Å². The highest BCUT2D eigenvalue weighted by Crippen LogP contribution is 2.52. The molecule has 0 N–H and O–H groups in total. The van der Waals surface area contributed by atoms with Crippen LogP contribution in [0.5, 0.6) is 11.5 Å². The van der Waals surface area contributed by atoms with E-state index in [0.29, 0.717) is 24.6 Å². The van der Waals surface area contributed by atoms with Crippen molar-refractivity contribution >= 4 is 65.2 Å². The number of fused-ring (bicyclic) bond motifs is 3. The quantitative estimate of drug-likeness (QED) is 0.0352. The van der Waals surface area contributed by atoms with E-state index in [1.807, 2.05) is 71.5 Å². The summed E-state index contributed by atoms with van der Waals surface area (Å²) in [4.78, 5) is 31.4. The van der Waals surface area contributed by atoms with E-state index in [4.69, 9.17) is 34.4 Å². The predicted octanol–water partition coefficient (Wildman–Crippen LogP) is 24.2. The average Bonchev–Trinajstić information content (AvgIpc) is 4.44. The summed E-state index contributed by atoms with van der Waals surface area (Å²) >= 11 is 5.43. The highest BCUT2D eigenvalue weighted by Gasteiger charge is 2.27. The number of aryl methyl sites for hydroxylation is 3. The number of hydrogen-bond acceptors (Lipinski definition) is 10. The molecule has 0 saturated carbocycles. The molecule has 7 nitrogen and oxygen atoms in total. The maximum absolute atomic E-state index is 7.07. The van der Waals surface area contributed by atoms with Crippen molar-refractivity contribution in [1.29, 1.82) is 0 Å². The van der Waals surface area contributed by atoms with Crippen LogP contribution >= 0.6 is 34.0 Å². The number of ether oxygens (including phenoxy) is 2. The molecule has 8 aromatic rings. The van der Waals surface area contributed by atoms with Crippen molar-refractivity contribution < 1.29 is 9.47 Å². The van der Waals surface area contributed by atoms with E-state index >= 15 is 0 Å². The lowest BCUT2D eigenvalue weighted by molar-refractivity contribution is 0.307. The number of nitrogens with zero attached hydrogens (tertiary/aromatic N) is 5. The highest BCUT2D eigenvalue weighted by molar-refractivity contribution is 7.23. The fourth-order valence-corrected chi connectivity index (χ4v) is 15.3. The summed E-state index contributed by atoms with van der Waals surface area (Å²) in [6.45, 7) is 12.7. The third kappa shape index (κ3) is 19.4. The van der Waals surface area contributed by atoms with Crippen LogP contribution in [0.2, 0.25) is 0 Å². The summed E-state index contributed by atoms with van der Waals surface area (Å²) in [5, 5.41) is 2.25. The normalized spacial score (nSPS) is 11.8. The second kappa shape index (κ2) is 36.3. The summed E-state index contributed by atoms with van der Waals surface area (Å²) < 4.78 is 16.4. The third-order valence-electron chi connectivity index (χ3n) is 16.7. The van der Waals surface area contributed by atoms with Gasteiger partial charge >= 0.3 is 0 Å². The molecular weight excluding hydrogens is 1080 g/mol. The largest absolute Gasteiger partial charge is 0.491 e. The van der Waals surface area contributed by atoms with Crippen molar-refractivity contribution in [2.75, 3.05) is 13.2 Å². The summed E-state index contributed by atoms with van der Waals surface area (Å²) in [5.41, 5.74) is 7.71. The lowest BCUT2D eigenvalue weighted by atomic mass is 10.0. The number of hydrogen-bond donors (Lipinski definition) is 0. The second-order valence-electron chi connectivity index (χ2n) is 23.8. The van der Waals surface area contributed by atoms with Crippen molar-refractivity contribution in [2.45, 2.75) is 259 Å². The van der Waals surface area contributed by atoms with E-state index in [2.05, 4.69) is 59.0 Å². The Balaban J connectivity index is 1.08. The molecule has 0 amide bonds. The zero-order valence-corrected chi connectivity index (χ0v) is 54.3. The molecule has 0 aliphatic heterocycles. The Morgan fingerprint density at radius 3 is 1.29 bits per heavy atom. The Kier molecular flexibility index (Phi) is 28.1. The van der Waals surface area contributed by atoms with Crippen LogP contribution in [0.25, 0.3) is 75.0 Å². The highest BCUT2D eigenvalue weighted by atomic mass is 32.1. The number of thiophene rings is 3. The minimum absolute atomic E-state index is 0.690. The van der Waals surface area contributed by atoms with Gasteiger partial charge in [0.1, 0.15) is 39.6 Å². The molecule has 10 heteroatoms. The van der Waals surface area contributed by atoms with Gasteiger partial charge in [-0.15, -0.1) is 34.0 Å². The van der Waals surface area contributed by atoms with Crippen molar-refractivity contribution in [1.82, 2.24) is 24.9 Å². The smallest absolute Gasteiger partial charge is 0.146 e. The summed E-state index contributed by atoms with van der Waals surface area (Å²) in [7, 11) is 0. The Bertz CT molecular complexity index is 3020. The van der Waals surface area contributed by atoms with Crippen LogP contribution in [0.4, 0.5) is 0 Å². The van der Waals surface area contributed by atoms with Crippen LogP contribution in [0.1, 0.15) is 254 Å². The van der Waals surface area contributed by atoms with Gasteiger partial charge < -0.3 is 9.47 Å². The number of pyridine rings is 3. The van der Waals surface area contributed by atoms with Crippen LogP contribution in [0.15, 0.2) is 73.2 Å². The molecular formula is C73H101N5O2S3. The van der Waals surface area contributed by atoms with Gasteiger partial charge in [-0.2, -0.15) is 0 Å². The molecule has 0 saturated heterocycles. The number of aromatic nitrogens is 5. The van der Waals surface area contributed by atoms with Crippen LogP contribution in [-0.2, 0) is 6.42 Å². The molecule has 0 spiro atoms. The van der Waals surface area contributed by atoms with Gasteiger partial charge in [0.15, 0.2) is 0 Å². The first-order chi connectivity index (χ1) is 41.0. The van der Waals surface area contributed by atoms with Gasteiger partial charge in [-0.1, -0.05) is 232 Å². The molecule has 1 aromatic carbocycles.